The number of para-hydroxylation sites is 2. The molecule has 0 atom stereocenters. The van der Waals surface area contributed by atoms with Crippen molar-refractivity contribution in [2.45, 2.75) is 6.18 Å². The summed E-state index contributed by atoms with van der Waals surface area (Å²) >= 11 is 5.65. The summed E-state index contributed by atoms with van der Waals surface area (Å²) in [5, 5.41) is -0.283. The normalized spacial score (nSPS) is 11.3. The van der Waals surface area contributed by atoms with Gasteiger partial charge in [0.2, 0.25) is 5.82 Å². The second-order valence-corrected chi connectivity index (χ2v) is 4.49. The summed E-state index contributed by atoms with van der Waals surface area (Å²) in [6.07, 6.45) is -4.67. The van der Waals surface area contributed by atoms with E-state index in [-0.39, 0.29) is 11.0 Å². The third-order valence-corrected chi connectivity index (χ3v) is 2.92. The van der Waals surface area contributed by atoms with E-state index < -0.39 is 12.0 Å². The van der Waals surface area contributed by atoms with E-state index in [1.54, 1.807) is 31.3 Å². The van der Waals surface area contributed by atoms with E-state index in [1.165, 1.54) is 18.1 Å². The van der Waals surface area contributed by atoms with Crippen molar-refractivity contribution >= 4 is 23.1 Å². The molecule has 1 aromatic heterocycles. The molecule has 0 amide bonds. The van der Waals surface area contributed by atoms with E-state index in [1.807, 2.05) is 0 Å². The van der Waals surface area contributed by atoms with Gasteiger partial charge in [-0.1, -0.05) is 23.7 Å². The Kier molecular flexibility index (Phi) is 4.22. The van der Waals surface area contributed by atoms with Crippen LogP contribution in [0.5, 0.6) is 5.75 Å². The number of rotatable bonds is 3. The second-order valence-electron chi connectivity index (χ2n) is 4.10. The average molecular weight is 318 g/mol. The molecule has 0 unspecified atom stereocenters. The van der Waals surface area contributed by atoms with Crippen LogP contribution in [0.2, 0.25) is 5.15 Å². The van der Waals surface area contributed by atoms with Crippen LogP contribution in [-0.2, 0) is 6.18 Å². The number of ether oxygens (including phenoxy) is 1. The molecule has 21 heavy (non-hydrogen) atoms. The lowest BCUT2D eigenvalue weighted by Gasteiger charge is -2.21. The molecule has 0 aliphatic heterocycles. The molecule has 112 valence electrons. The van der Waals surface area contributed by atoms with Gasteiger partial charge in [-0.3, -0.25) is 0 Å². The van der Waals surface area contributed by atoms with Crippen LogP contribution >= 0.6 is 11.6 Å². The fraction of sp³-hybridized carbons (Fsp3) is 0.231. The standard InChI is InChI=1S/C13H11ClF3N3O/c1-20(8-5-3-4-6-9(8)21-2)11-7-10(14)18-12(19-11)13(15,16)17/h3-7H,1-2H3. The topological polar surface area (TPSA) is 38.2 Å². The van der Waals surface area contributed by atoms with Crippen molar-refractivity contribution in [1.29, 1.82) is 0 Å². The average Bonchev–Trinajstić information content (AvgIpc) is 2.45. The van der Waals surface area contributed by atoms with Crippen molar-refractivity contribution in [1.82, 2.24) is 9.97 Å². The smallest absolute Gasteiger partial charge is 0.451 e. The van der Waals surface area contributed by atoms with Gasteiger partial charge in [-0.05, 0) is 12.1 Å². The zero-order chi connectivity index (χ0) is 15.6. The van der Waals surface area contributed by atoms with E-state index in [9.17, 15) is 13.2 Å². The summed E-state index contributed by atoms with van der Waals surface area (Å²) < 4.78 is 43.4. The number of alkyl halides is 3. The maximum absolute atomic E-state index is 12.7. The van der Waals surface area contributed by atoms with Gasteiger partial charge in [0.1, 0.15) is 16.7 Å². The first-order valence-electron chi connectivity index (χ1n) is 5.81. The van der Waals surface area contributed by atoms with E-state index in [2.05, 4.69) is 9.97 Å². The Morgan fingerprint density at radius 2 is 1.86 bits per heavy atom. The molecule has 0 N–H and O–H groups in total. The summed E-state index contributed by atoms with van der Waals surface area (Å²) in [7, 11) is 3.04. The molecule has 0 spiro atoms. The Balaban J connectivity index is 2.48. The second kappa shape index (κ2) is 5.77. The molecule has 1 aromatic carbocycles. The Hall–Kier alpha value is -2.02. The predicted octanol–water partition coefficient (Wildman–Crippen LogP) is 3.93. The summed E-state index contributed by atoms with van der Waals surface area (Å²) in [6.45, 7) is 0. The van der Waals surface area contributed by atoms with Gasteiger partial charge in [-0.25, -0.2) is 9.97 Å². The first-order valence-corrected chi connectivity index (χ1v) is 6.19. The van der Waals surface area contributed by atoms with Gasteiger partial charge in [-0.15, -0.1) is 0 Å². The third kappa shape index (κ3) is 3.36. The molecule has 0 saturated heterocycles. The Morgan fingerprint density at radius 3 is 2.48 bits per heavy atom. The van der Waals surface area contributed by atoms with E-state index in [0.717, 1.165) is 0 Å². The van der Waals surface area contributed by atoms with Gasteiger partial charge < -0.3 is 9.64 Å². The van der Waals surface area contributed by atoms with Crippen molar-refractivity contribution in [3.05, 3.63) is 41.3 Å². The number of benzene rings is 1. The number of methoxy groups -OCH3 is 1. The zero-order valence-electron chi connectivity index (χ0n) is 11.1. The van der Waals surface area contributed by atoms with Gasteiger partial charge in [0.15, 0.2) is 0 Å². The van der Waals surface area contributed by atoms with Gasteiger partial charge >= 0.3 is 6.18 Å². The lowest BCUT2D eigenvalue weighted by atomic mass is 10.2. The molecule has 0 bridgehead atoms. The van der Waals surface area contributed by atoms with Crippen LogP contribution in [0.15, 0.2) is 30.3 Å². The number of nitrogens with zero attached hydrogens (tertiary/aromatic N) is 3. The molecule has 1 heterocycles. The van der Waals surface area contributed by atoms with Crippen LogP contribution in [0, 0.1) is 0 Å². The van der Waals surface area contributed by atoms with E-state index in [4.69, 9.17) is 16.3 Å². The first-order chi connectivity index (χ1) is 9.82. The molecule has 0 fully saturated rings. The highest BCUT2D eigenvalue weighted by Gasteiger charge is 2.35. The molecule has 0 radical (unpaired) electrons. The number of hydrogen-bond acceptors (Lipinski definition) is 4. The van der Waals surface area contributed by atoms with Crippen LogP contribution in [0.25, 0.3) is 0 Å². The molecule has 0 aliphatic rings. The third-order valence-electron chi connectivity index (χ3n) is 2.73. The van der Waals surface area contributed by atoms with Crippen molar-refractivity contribution in [2.24, 2.45) is 0 Å². The lowest BCUT2D eigenvalue weighted by molar-refractivity contribution is -0.144. The highest BCUT2D eigenvalue weighted by molar-refractivity contribution is 6.29. The fourth-order valence-corrected chi connectivity index (χ4v) is 1.91. The maximum atomic E-state index is 12.7. The van der Waals surface area contributed by atoms with Crippen molar-refractivity contribution in [3.8, 4) is 5.75 Å². The SMILES string of the molecule is COc1ccccc1N(C)c1cc(Cl)nc(C(F)(F)F)n1. The lowest BCUT2D eigenvalue weighted by Crippen LogP contribution is -2.17. The number of halogens is 4. The summed E-state index contributed by atoms with van der Waals surface area (Å²) in [5.74, 6) is -0.762. The number of hydrogen-bond donors (Lipinski definition) is 0. The van der Waals surface area contributed by atoms with Crippen molar-refractivity contribution in [3.63, 3.8) is 0 Å². The van der Waals surface area contributed by atoms with E-state index in [0.29, 0.717) is 11.4 Å². The predicted molar refractivity (Wildman–Crippen MR) is 73.1 cm³/mol. The minimum Gasteiger partial charge on any atom is -0.495 e. The fourth-order valence-electron chi connectivity index (χ4n) is 1.73. The summed E-state index contributed by atoms with van der Waals surface area (Å²) in [6, 6.07) is 8.14. The van der Waals surface area contributed by atoms with Gasteiger partial charge in [0, 0.05) is 13.1 Å². The maximum Gasteiger partial charge on any atom is 0.451 e. The largest absolute Gasteiger partial charge is 0.495 e. The molecular weight excluding hydrogens is 307 g/mol. The monoisotopic (exact) mass is 317 g/mol. The number of anilines is 2. The van der Waals surface area contributed by atoms with Crippen LogP contribution < -0.4 is 9.64 Å². The minimum absolute atomic E-state index is 0.0202. The number of aromatic nitrogens is 2. The molecule has 4 nitrogen and oxygen atoms in total. The van der Waals surface area contributed by atoms with Crippen molar-refractivity contribution < 1.29 is 17.9 Å². The van der Waals surface area contributed by atoms with Crippen LogP contribution in [0.4, 0.5) is 24.7 Å². The van der Waals surface area contributed by atoms with Gasteiger partial charge in [-0.2, -0.15) is 13.2 Å². The highest BCUT2D eigenvalue weighted by Crippen LogP contribution is 2.34. The molecule has 0 aliphatic carbocycles. The van der Waals surface area contributed by atoms with Crippen molar-refractivity contribution in [2.75, 3.05) is 19.1 Å². The Bertz CT molecular complexity index is 649. The summed E-state index contributed by atoms with van der Waals surface area (Å²) in [5.41, 5.74) is 0.558. The van der Waals surface area contributed by atoms with Crippen LogP contribution in [-0.4, -0.2) is 24.1 Å². The quantitative estimate of drug-likeness (QED) is 0.804. The molecule has 0 saturated carbocycles. The van der Waals surface area contributed by atoms with Gasteiger partial charge in [0.25, 0.3) is 0 Å². The Labute approximate surface area is 124 Å². The minimum atomic E-state index is -4.67. The first kappa shape index (κ1) is 15.4. The highest BCUT2D eigenvalue weighted by atomic mass is 35.5. The van der Waals surface area contributed by atoms with Crippen LogP contribution in [0.3, 0.4) is 0 Å². The van der Waals surface area contributed by atoms with Gasteiger partial charge in [0.05, 0.1) is 12.8 Å². The van der Waals surface area contributed by atoms with E-state index >= 15 is 0 Å². The molecular formula is C13H11ClF3N3O. The Morgan fingerprint density at radius 1 is 1.19 bits per heavy atom. The molecule has 2 rings (SSSR count). The summed E-state index contributed by atoms with van der Waals surface area (Å²) in [4.78, 5) is 8.15. The molecule has 2 aromatic rings. The molecule has 8 heteroatoms. The van der Waals surface area contributed by atoms with Crippen LogP contribution in [0.1, 0.15) is 5.82 Å². The zero-order valence-corrected chi connectivity index (χ0v) is 11.9.